The van der Waals surface area contributed by atoms with Crippen molar-refractivity contribution >= 4 is 39.8 Å². The molecular weight excluding hydrogens is 388 g/mol. The molecule has 1 aliphatic heterocycles. The van der Waals surface area contributed by atoms with E-state index in [-0.39, 0.29) is 11.2 Å². The number of likely N-dealkylation sites (tertiary alicyclic amines) is 1. The van der Waals surface area contributed by atoms with Crippen LogP contribution >= 0.6 is 23.1 Å². The fourth-order valence-electron chi connectivity index (χ4n) is 3.25. The van der Waals surface area contributed by atoms with Crippen molar-refractivity contribution in [3.8, 4) is 0 Å². The van der Waals surface area contributed by atoms with Crippen LogP contribution in [0, 0.1) is 6.92 Å². The average molecular weight is 411 g/mol. The summed E-state index contributed by atoms with van der Waals surface area (Å²) in [7, 11) is 0. The number of aromatic nitrogens is 2. The van der Waals surface area contributed by atoms with Crippen molar-refractivity contribution in [2.24, 2.45) is 0 Å². The molecule has 1 saturated heterocycles. The predicted octanol–water partition coefficient (Wildman–Crippen LogP) is 5.05. The van der Waals surface area contributed by atoms with E-state index < -0.39 is 0 Å². The van der Waals surface area contributed by atoms with Gasteiger partial charge in [-0.1, -0.05) is 65.6 Å². The first-order valence-electron chi connectivity index (χ1n) is 9.36. The van der Waals surface area contributed by atoms with Crippen LogP contribution in [0.5, 0.6) is 0 Å². The Balaban J connectivity index is 1.52. The van der Waals surface area contributed by atoms with E-state index in [2.05, 4.69) is 34.6 Å². The van der Waals surface area contributed by atoms with Crippen molar-refractivity contribution in [2.75, 3.05) is 18.4 Å². The minimum Gasteiger partial charge on any atom is -0.341 e. The van der Waals surface area contributed by atoms with Crippen molar-refractivity contribution in [1.29, 1.82) is 0 Å². The van der Waals surface area contributed by atoms with E-state index in [1.807, 2.05) is 47.4 Å². The van der Waals surface area contributed by atoms with Gasteiger partial charge in [-0.05, 0) is 43.0 Å². The SMILES string of the molecule is Cc1cccc(Nc2nnc(S[C@@H](C(=O)N3CCCC3)c3ccccc3)s2)c1. The van der Waals surface area contributed by atoms with Crippen LogP contribution in [0.1, 0.15) is 29.2 Å². The third kappa shape index (κ3) is 4.54. The van der Waals surface area contributed by atoms with E-state index in [1.165, 1.54) is 28.7 Å². The van der Waals surface area contributed by atoms with Crippen molar-refractivity contribution < 1.29 is 4.79 Å². The first-order valence-corrected chi connectivity index (χ1v) is 11.1. The molecule has 5 nitrogen and oxygen atoms in total. The molecule has 1 N–H and O–H groups in total. The average Bonchev–Trinajstić information content (AvgIpc) is 3.39. The van der Waals surface area contributed by atoms with Crippen LogP contribution in [0.25, 0.3) is 0 Å². The van der Waals surface area contributed by atoms with Crippen LogP contribution in [0.4, 0.5) is 10.8 Å². The highest BCUT2D eigenvalue weighted by Gasteiger charge is 2.29. The predicted molar refractivity (Wildman–Crippen MR) is 115 cm³/mol. The van der Waals surface area contributed by atoms with Crippen molar-refractivity contribution in [1.82, 2.24) is 15.1 Å². The minimum absolute atomic E-state index is 0.164. The zero-order valence-electron chi connectivity index (χ0n) is 15.7. The molecule has 0 aliphatic carbocycles. The number of hydrogen-bond donors (Lipinski definition) is 1. The Hall–Kier alpha value is -2.38. The Kier molecular flexibility index (Phi) is 5.92. The third-order valence-electron chi connectivity index (χ3n) is 4.64. The van der Waals surface area contributed by atoms with Crippen LogP contribution in [0.15, 0.2) is 58.9 Å². The van der Waals surface area contributed by atoms with Crippen LogP contribution in [0.3, 0.4) is 0 Å². The van der Waals surface area contributed by atoms with E-state index in [4.69, 9.17) is 0 Å². The number of carbonyl (C=O) groups excluding carboxylic acids is 1. The second-order valence-corrected chi connectivity index (χ2v) is 9.14. The summed E-state index contributed by atoms with van der Waals surface area (Å²) in [6.07, 6.45) is 2.17. The third-order valence-corrected chi connectivity index (χ3v) is 6.80. The lowest BCUT2D eigenvalue weighted by Gasteiger charge is -2.22. The Morgan fingerprint density at radius 3 is 2.64 bits per heavy atom. The van der Waals surface area contributed by atoms with Crippen LogP contribution < -0.4 is 5.32 Å². The molecule has 0 unspecified atom stereocenters. The van der Waals surface area contributed by atoms with Gasteiger partial charge in [0.1, 0.15) is 5.25 Å². The monoisotopic (exact) mass is 410 g/mol. The van der Waals surface area contributed by atoms with E-state index >= 15 is 0 Å². The second-order valence-electron chi connectivity index (χ2n) is 6.81. The molecule has 1 atom stereocenters. The van der Waals surface area contributed by atoms with Gasteiger partial charge in [0.25, 0.3) is 0 Å². The maximum atomic E-state index is 13.1. The van der Waals surface area contributed by atoms with Gasteiger partial charge in [0.05, 0.1) is 0 Å². The number of nitrogens with one attached hydrogen (secondary N) is 1. The summed E-state index contributed by atoms with van der Waals surface area (Å²) in [6, 6.07) is 18.1. The van der Waals surface area contributed by atoms with E-state index in [1.54, 1.807) is 0 Å². The number of amides is 1. The summed E-state index contributed by atoms with van der Waals surface area (Å²) in [4.78, 5) is 15.1. The molecule has 0 radical (unpaired) electrons. The normalized spacial score (nSPS) is 14.8. The van der Waals surface area contributed by atoms with Crippen molar-refractivity contribution in [3.05, 3.63) is 65.7 Å². The highest BCUT2D eigenvalue weighted by Crippen LogP contribution is 2.40. The Morgan fingerprint density at radius 1 is 1.11 bits per heavy atom. The van der Waals surface area contributed by atoms with Crippen molar-refractivity contribution in [3.63, 3.8) is 0 Å². The molecule has 1 amide bonds. The van der Waals surface area contributed by atoms with Gasteiger partial charge in [0, 0.05) is 18.8 Å². The molecule has 2 heterocycles. The summed E-state index contributed by atoms with van der Waals surface area (Å²) >= 11 is 2.96. The van der Waals surface area contributed by atoms with Gasteiger partial charge < -0.3 is 10.2 Å². The van der Waals surface area contributed by atoms with Gasteiger partial charge in [0.15, 0.2) is 4.34 Å². The van der Waals surface area contributed by atoms with Crippen LogP contribution in [-0.2, 0) is 4.79 Å². The summed E-state index contributed by atoms with van der Waals surface area (Å²) in [5.74, 6) is 0.164. The summed E-state index contributed by atoms with van der Waals surface area (Å²) in [6.45, 7) is 3.75. The number of rotatable bonds is 6. The number of thioether (sulfide) groups is 1. The number of aryl methyl sites for hydroxylation is 1. The van der Waals surface area contributed by atoms with E-state index in [0.717, 1.165) is 46.7 Å². The molecule has 7 heteroatoms. The lowest BCUT2D eigenvalue weighted by atomic mass is 10.1. The topological polar surface area (TPSA) is 58.1 Å². The van der Waals surface area contributed by atoms with Crippen LogP contribution in [0.2, 0.25) is 0 Å². The molecule has 0 spiro atoms. The second kappa shape index (κ2) is 8.75. The molecule has 0 bridgehead atoms. The standard InChI is InChI=1S/C21H22N4OS2/c1-15-8-7-11-17(14-15)22-20-23-24-21(28-20)27-18(16-9-3-2-4-10-16)19(26)25-12-5-6-13-25/h2-4,7-11,14,18H,5-6,12-13H2,1H3,(H,22,23)/t18-/m1/s1. The number of hydrogen-bond acceptors (Lipinski definition) is 6. The number of nitrogens with zero attached hydrogens (tertiary/aromatic N) is 3. The van der Waals surface area contributed by atoms with Gasteiger partial charge in [-0.15, -0.1) is 10.2 Å². The molecule has 0 saturated carbocycles. The number of benzene rings is 2. The van der Waals surface area contributed by atoms with Gasteiger partial charge in [-0.2, -0.15) is 0 Å². The summed E-state index contributed by atoms with van der Waals surface area (Å²) < 4.78 is 0.788. The maximum Gasteiger partial charge on any atom is 0.240 e. The molecule has 4 rings (SSSR count). The molecule has 2 aromatic carbocycles. The maximum absolute atomic E-state index is 13.1. The number of carbonyl (C=O) groups is 1. The highest BCUT2D eigenvalue weighted by atomic mass is 32.2. The zero-order valence-corrected chi connectivity index (χ0v) is 17.3. The molecule has 1 aromatic heterocycles. The summed E-state index contributed by atoms with van der Waals surface area (Å²) in [5.41, 5.74) is 3.18. The lowest BCUT2D eigenvalue weighted by molar-refractivity contribution is -0.129. The van der Waals surface area contributed by atoms with Gasteiger partial charge in [-0.25, -0.2) is 0 Å². The zero-order chi connectivity index (χ0) is 19.3. The minimum atomic E-state index is -0.293. The fraction of sp³-hybridized carbons (Fsp3) is 0.286. The molecule has 144 valence electrons. The van der Waals surface area contributed by atoms with E-state index in [9.17, 15) is 4.79 Å². The Labute approximate surface area is 173 Å². The van der Waals surface area contributed by atoms with Gasteiger partial charge >= 0.3 is 0 Å². The highest BCUT2D eigenvalue weighted by molar-refractivity contribution is 8.01. The largest absolute Gasteiger partial charge is 0.341 e. The lowest BCUT2D eigenvalue weighted by Crippen LogP contribution is -2.31. The first kappa shape index (κ1) is 19.0. The first-order chi connectivity index (χ1) is 13.7. The molecule has 1 fully saturated rings. The Morgan fingerprint density at radius 2 is 1.89 bits per heavy atom. The number of anilines is 2. The summed E-state index contributed by atoms with van der Waals surface area (Å²) in [5, 5.41) is 12.3. The smallest absolute Gasteiger partial charge is 0.240 e. The molecule has 3 aromatic rings. The van der Waals surface area contributed by atoms with Crippen LogP contribution in [-0.4, -0.2) is 34.1 Å². The van der Waals surface area contributed by atoms with Gasteiger partial charge in [0.2, 0.25) is 11.0 Å². The fourth-order valence-corrected chi connectivity index (χ4v) is 5.30. The van der Waals surface area contributed by atoms with E-state index in [0.29, 0.717) is 0 Å². The Bertz CT molecular complexity index is 938. The molecular formula is C21H22N4OS2. The van der Waals surface area contributed by atoms with Crippen molar-refractivity contribution in [2.45, 2.75) is 29.4 Å². The quantitative estimate of drug-likeness (QED) is 0.577. The molecule has 1 aliphatic rings. The molecule has 28 heavy (non-hydrogen) atoms. The van der Waals surface area contributed by atoms with Gasteiger partial charge in [-0.3, -0.25) is 4.79 Å².